The number of nitrogens with one attached hydrogen (secondary N) is 1. The van der Waals surface area contributed by atoms with Crippen molar-refractivity contribution in [2.24, 2.45) is 0 Å². The van der Waals surface area contributed by atoms with Crippen LogP contribution in [0.15, 0.2) is 18.2 Å². The first-order valence-electron chi connectivity index (χ1n) is 6.21. The molecule has 2 rings (SSSR count). The lowest BCUT2D eigenvalue weighted by Gasteiger charge is -2.28. The van der Waals surface area contributed by atoms with Crippen molar-refractivity contribution in [2.75, 3.05) is 19.7 Å². The average molecular weight is 235 g/mol. The van der Waals surface area contributed by atoms with Crippen molar-refractivity contribution < 1.29 is 9.47 Å². The van der Waals surface area contributed by atoms with Gasteiger partial charge in [0.2, 0.25) is 0 Å². The molecule has 1 aromatic rings. The molecular formula is C14H21NO2. The van der Waals surface area contributed by atoms with Crippen LogP contribution in [0, 0.1) is 13.8 Å². The van der Waals surface area contributed by atoms with E-state index in [4.69, 9.17) is 9.47 Å². The molecule has 1 aliphatic heterocycles. The summed E-state index contributed by atoms with van der Waals surface area (Å²) in [5.41, 5.74) is 2.45. The first-order valence-corrected chi connectivity index (χ1v) is 6.21. The van der Waals surface area contributed by atoms with E-state index < -0.39 is 0 Å². The summed E-state index contributed by atoms with van der Waals surface area (Å²) in [6.07, 6.45) is 0.427. The molecule has 0 spiro atoms. The van der Waals surface area contributed by atoms with Crippen LogP contribution in [0.25, 0.3) is 0 Å². The Morgan fingerprint density at radius 3 is 2.88 bits per heavy atom. The van der Waals surface area contributed by atoms with Gasteiger partial charge in [0.1, 0.15) is 18.5 Å². The molecule has 0 aromatic heterocycles. The molecule has 3 heteroatoms. The van der Waals surface area contributed by atoms with Gasteiger partial charge < -0.3 is 14.8 Å². The van der Waals surface area contributed by atoms with Gasteiger partial charge in [-0.1, -0.05) is 17.7 Å². The predicted octanol–water partition coefficient (Wildman–Crippen LogP) is 2.06. The Morgan fingerprint density at radius 2 is 2.18 bits per heavy atom. The van der Waals surface area contributed by atoms with Gasteiger partial charge in [0.05, 0.1) is 6.10 Å². The maximum atomic E-state index is 5.81. The first-order chi connectivity index (χ1) is 8.15. The van der Waals surface area contributed by atoms with E-state index in [1.54, 1.807) is 0 Å². The Labute approximate surface area is 103 Å². The van der Waals surface area contributed by atoms with Crippen molar-refractivity contribution in [3.63, 3.8) is 0 Å². The molecule has 2 unspecified atom stereocenters. The van der Waals surface area contributed by atoms with Gasteiger partial charge in [-0.2, -0.15) is 0 Å². The molecule has 1 heterocycles. The van der Waals surface area contributed by atoms with Crippen molar-refractivity contribution in [1.82, 2.24) is 5.32 Å². The zero-order valence-electron chi connectivity index (χ0n) is 10.8. The molecule has 94 valence electrons. The van der Waals surface area contributed by atoms with Gasteiger partial charge in [-0.15, -0.1) is 0 Å². The lowest BCUT2D eigenvalue weighted by Crippen LogP contribution is -2.45. The Balaban J connectivity index is 1.88. The Morgan fingerprint density at radius 1 is 1.35 bits per heavy atom. The second-order valence-corrected chi connectivity index (χ2v) is 4.81. The summed E-state index contributed by atoms with van der Waals surface area (Å²) < 4.78 is 11.6. The summed E-state index contributed by atoms with van der Waals surface area (Å²) in [5, 5.41) is 3.34. The molecule has 3 nitrogen and oxygen atoms in total. The van der Waals surface area contributed by atoms with E-state index in [-0.39, 0.29) is 12.2 Å². The van der Waals surface area contributed by atoms with Crippen LogP contribution >= 0.6 is 0 Å². The fourth-order valence-corrected chi connectivity index (χ4v) is 2.11. The largest absolute Gasteiger partial charge is 0.491 e. The van der Waals surface area contributed by atoms with Gasteiger partial charge in [0, 0.05) is 13.1 Å². The van der Waals surface area contributed by atoms with Crippen LogP contribution < -0.4 is 10.1 Å². The zero-order valence-corrected chi connectivity index (χ0v) is 10.8. The highest BCUT2D eigenvalue weighted by Crippen LogP contribution is 2.19. The molecule has 1 N–H and O–H groups in total. The quantitative estimate of drug-likeness (QED) is 0.870. The monoisotopic (exact) mass is 235 g/mol. The van der Waals surface area contributed by atoms with Gasteiger partial charge >= 0.3 is 0 Å². The number of morpholine rings is 1. The van der Waals surface area contributed by atoms with Gasteiger partial charge in [-0.25, -0.2) is 0 Å². The van der Waals surface area contributed by atoms with Crippen molar-refractivity contribution >= 4 is 0 Å². The fraction of sp³-hybridized carbons (Fsp3) is 0.571. The molecular weight excluding hydrogens is 214 g/mol. The standard InChI is InChI=1S/C14H21NO2/c1-10-4-5-14(11(2)6-10)16-9-13-8-15-7-12(3)17-13/h4-6,12-13,15H,7-9H2,1-3H3. The molecule has 1 aromatic carbocycles. The molecule has 0 bridgehead atoms. The normalized spacial score (nSPS) is 24.6. The summed E-state index contributed by atoms with van der Waals surface area (Å²) in [4.78, 5) is 0. The number of ether oxygens (including phenoxy) is 2. The predicted molar refractivity (Wildman–Crippen MR) is 68.6 cm³/mol. The minimum absolute atomic E-state index is 0.152. The Bertz CT molecular complexity index is 378. The van der Waals surface area contributed by atoms with Crippen LogP contribution in [0.5, 0.6) is 5.75 Å². The van der Waals surface area contributed by atoms with Gasteiger partial charge in [0.15, 0.2) is 0 Å². The fourth-order valence-electron chi connectivity index (χ4n) is 2.11. The second-order valence-electron chi connectivity index (χ2n) is 4.81. The highest BCUT2D eigenvalue weighted by molar-refractivity contribution is 5.35. The third-order valence-electron chi connectivity index (χ3n) is 2.98. The highest BCUT2D eigenvalue weighted by Gasteiger charge is 2.19. The minimum atomic E-state index is 0.152. The van der Waals surface area contributed by atoms with Crippen LogP contribution in [0.3, 0.4) is 0 Å². The van der Waals surface area contributed by atoms with Crippen molar-refractivity contribution in [3.8, 4) is 5.75 Å². The van der Waals surface area contributed by atoms with Gasteiger partial charge in [-0.05, 0) is 32.4 Å². The van der Waals surface area contributed by atoms with Crippen LogP contribution in [0.4, 0.5) is 0 Å². The number of aryl methyl sites for hydroxylation is 2. The maximum Gasteiger partial charge on any atom is 0.122 e. The second kappa shape index (κ2) is 5.52. The molecule has 0 saturated carbocycles. The number of rotatable bonds is 3. The van der Waals surface area contributed by atoms with Crippen LogP contribution in [0.2, 0.25) is 0 Å². The first kappa shape index (κ1) is 12.4. The minimum Gasteiger partial charge on any atom is -0.491 e. The number of benzene rings is 1. The van der Waals surface area contributed by atoms with Gasteiger partial charge in [0.25, 0.3) is 0 Å². The summed E-state index contributed by atoms with van der Waals surface area (Å²) in [6, 6.07) is 6.24. The smallest absolute Gasteiger partial charge is 0.122 e. The molecule has 1 aliphatic rings. The topological polar surface area (TPSA) is 30.5 Å². The zero-order chi connectivity index (χ0) is 12.3. The van der Waals surface area contributed by atoms with E-state index in [0.717, 1.165) is 18.8 Å². The highest BCUT2D eigenvalue weighted by atomic mass is 16.5. The molecule has 17 heavy (non-hydrogen) atoms. The van der Waals surface area contributed by atoms with Crippen LogP contribution in [-0.4, -0.2) is 31.9 Å². The van der Waals surface area contributed by atoms with E-state index in [0.29, 0.717) is 6.61 Å². The van der Waals surface area contributed by atoms with Crippen molar-refractivity contribution in [2.45, 2.75) is 33.0 Å². The van der Waals surface area contributed by atoms with Crippen molar-refractivity contribution in [3.05, 3.63) is 29.3 Å². The van der Waals surface area contributed by atoms with E-state index in [2.05, 4.69) is 38.2 Å². The molecule has 1 saturated heterocycles. The summed E-state index contributed by atoms with van der Waals surface area (Å²) in [5.74, 6) is 0.956. The van der Waals surface area contributed by atoms with E-state index in [1.165, 1.54) is 11.1 Å². The van der Waals surface area contributed by atoms with Crippen LogP contribution in [0.1, 0.15) is 18.1 Å². The van der Waals surface area contributed by atoms with E-state index in [1.807, 2.05) is 6.07 Å². The summed E-state index contributed by atoms with van der Waals surface area (Å²) in [7, 11) is 0. The molecule has 2 atom stereocenters. The van der Waals surface area contributed by atoms with Gasteiger partial charge in [-0.3, -0.25) is 0 Å². The summed E-state index contributed by atoms with van der Waals surface area (Å²) >= 11 is 0. The van der Waals surface area contributed by atoms with Crippen LogP contribution in [-0.2, 0) is 4.74 Å². The molecule has 0 aliphatic carbocycles. The summed E-state index contributed by atoms with van der Waals surface area (Å²) in [6.45, 7) is 8.66. The lowest BCUT2D eigenvalue weighted by atomic mass is 10.1. The average Bonchev–Trinajstić information content (AvgIpc) is 2.28. The number of hydrogen-bond donors (Lipinski definition) is 1. The Hall–Kier alpha value is -1.06. The molecule has 0 amide bonds. The third-order valence-corrected chi connectivity index (χ3v) is 2.98. The molecule has 1 fully saturated rings. The SMILES string of the molecule is Cc1ccc(OCC2CNCC(C)O2)c(C)c1. The van der Waals surface area contributed by atoms with E-state index >= 15 is 0 Å². The lowest BCUT2D eigenvalue weighted by molar-refractivity contribution is -0.0471. The van der Waals surface area contributed by atoms with Crippen molar-refractivity contribution in [1.29, 1.82) is 0 Å². The van der Waals surface area contributed by atoms with E-state index in [9.17, 15) is 0 Å². The molecule has 0 radical (unpaired) electrons. The third kappa shape index (κ3) is 3.45. The Kier molecular flexibility index (Phi) is 4.02. The number of hydrogen-bond acceptors (Lipinski definition) is 3. The maximum absolute atomic E-state index is 5.81.